The predicted octanol–water partition coefficient (Wildman–Crippen LogP) is -0.686. The van der Waals surface area contributed by atoms with Crippen LogP contribution in [0.5, 0.6) is 0 Å². The van der Waals surface area contributed by atoms with Gasteiger partial charge in [0, 0.05) is 13.1 Å². The van der Waals surface area contributed by atoms with Crippen LogP contribution < -0.4 is 10.7 Å². The second kappa shape index (κ2) is 7.62. The van der Waals surface area contributed by atoms with E-state index in [2.05, 4.69) is 15.5 Å². The van der Waals surface area contributed by atoms with Crippen molar-refractivity contribution in [3.8, 4) is 0 Å². The maximum absolute atomic E-state index is 11.4. The largest absolute Gasteiger partial charge is 0.480 e. The minimum absolute atomic E-state index is 0.459. The predicted molar refractivity (Wildman–Crippen MR) is 60.6 cm³/mol. The van der Waals surface area contributed by atoms with Gasteiger partial charge in [-0.3, -0.25) is 15.5 Å². The molecule has 0 aromatic heterocycles. The van der Waals surface area contributed by atoms with E-state index in [9.17, 15) is 14.4 Å². The molecule has 3 N–H and O–H groups in total. The molecule has 0 unspecified atom stereocenters. The Hall–Kier alpha value is -1.67. The molecule has 0 spiro atoms. The van der Waals surface area contributed by atoms with Gasteiger partial charge in [0.1, 0.15) is 13.2 Å². The highest BCUT2D eigenvalue weighted by Crippen LogP contribution is 2.05. The molecule has 8 heteroatoms. The Labute approximate surface area is 104 Å². The third-order valence-electron chi connectivity index (χ3n) is 2.33. The molecule has 0 radical (unpaired) electrons. The molecule has 8 nitrogen and oxygen atoms in total. The Bertz CT molecular complexity index is 315. The highest BCUT2D eigenvalue weighted by atomic mass is 16.5. The monoisotopic (exact) mass is 259 g/mol. The number of rotatable bonds is 5. The minimum atomic E-state index is -1.17. The van der Waals surface area contributed by atoms with E-state index in [4.69, 9.17) is 5.11 Å². The van der Waals surface area contributed by atoms with E-state index in [-0.39, 0.29) is 0 Å². The Morgan fingerprint density at radius 3 is 2.39 bits per heavy atom. The van der Waals surface area contributed by atoms with Crippen LogP contribution in [0.15, 0.2) is 0 Å². The number of piperidine rings is 1. The number of ether oxygens (including phenoxy) is 1. The number of urea groups is 1. The number of hydrogen-bond acceptors (Lipinski definition) is 5. The molecule has 1 heterocycles. The van der Waals surface area contributed by atoms with Crippen LogP contribution in [0.25, 0.3) is 0 Å². The number of nitrogens with one attached hydrogen (secondary N) is 2. The minimum Gasteiger partial charge on any atom is -0.480 e. The van der Waals surface area contributed by atoms with Crippen molar-refractivity contribution in [3.63, 3.8) is 0 Å². The highest BCUT2D eigenvalue weighted by molar-refractivity contribution is 5.94. The van der Waals surface area contributed by atoms with E-state index in [1.807, 2.05) is 0 Å². The number of imide groups is 1. The van der Waals surface area contributed by atoms with Crippen molar-refractivity contribution >= 4 is 17.9 Å². The molecular formula is C10H17N3O5. The molecule has 1 fully saturated rings. The summed E-state index contributed by atoms with van der Waals surface area (Å²) in [5.41, 5.74) is 2.54. The maximum atomic E-state index is 11.4. The molecule has 1 aliphatic rings. The number of carboxylic acids is 1. The van der Waals surface area contributed by atoms with E-state index in [0.29, 0.717) is 0 Å². The summed E-state index contributed by atoms with van der Waals surface area (Å²) >= 11 is 0. The standard InChI is InChI=1S/C10H17N3O5/c14-8(6-18-7-9(15)16)11-10(17)12-13-4-2-1-3-5-13/h1-7H2,(H,15,16)(H2,11,12,14,17). The van der Waals surface area contributed by atoms with Crippen LogP contribution in [-0.2, 0) is 14.3 Å². The van der Waals surface area contributed by atoms with Crippen molar-refractivity contribution in [3.05, 3.63) is 0 Å². The van der Waals surface area contributed by atoms with Gasteiger partial charge >= 0.3 is 12.0 Å². The zero-order chi connectivity index (χ0) is 13.4. The smallest absolute Gasteiger partial charge is 0.336 e. The van der Waals surface area contributed by atoms with Crippen molar-refractivity contribution in [1.29, 1.82) is 0 Å². The first kappa shape index (κ1) is 14.4. The number of hydrazine groups is 1. The van der Waals surface area contributed by atoms with Gasteiger partial charge in [0.25, 0.3) is 5.91 Å². The summed E-state index contributed by atoms with van der Waals surface area (Å²) in [6.07, 6.45) is 3.16. The summed E-state index contributed by atoms with van der Waals surface area (Å²) in [6, 6.07) is -0.624. The number of nitrogens with zero attached hydrogens (tertiary/aromatic N) is 1. The molecule has 0 saturated carbocycles. The molecule has 0 aliphatic carbocycles. The van der Waals surface area contributed by atoms with Crippen LogP contribution in [0.2, 0.25) is 0 Å². The lowest BCUT2D eigenvalue weighted by molar-refractivity contribution is -0.143. The van der Waals surface area contributed by atoms with Gasteiger partial charge in [0.05, 0.1) is 0 Å². The van der Waals surface area contributed by atoms with E-state index in [0.717, 1.165) is 32.4 Å². The van der Waals surface area contributed by atoms with Gasteiger partial charge in [-0.1, -0.05) is 6.42 Å². The molecule has 0 aromatic carbocycles. The van der Waals surface area contributed by atoms with Gasteiger partial charge in [0.15, 0.2) is 0 Å². The van der Waals surface area contributed by atoms with Crippen LogP contribution >= 0.6 is 0 Å². The summed E-state index contributed by atoms with van der Waals surface area (Å²) in [4.78, 5) is 32.7. The molecule has 1 rings (SSSR count). The summed E-state index contributed by atoms with van der Waals surface area (Å²) in [7, 11) is 0. The Morgan fingerprint density at radius 1 is 1.11 bits per heavy atom. The lowest BCUT2D eigenvalue weighted by atomic mass is 10.2. The van der Waals surface area contributed by atoms with Crippen molar-refractivity contribution in [2.45, 2.75) is 19.3 Å². The normalized spacial score (nSPS) is 16.0. The molecule has 0 aromatic rings. The topological polar surface area (TPSA) is 108 Å². The molecule has 18 heavy (non-hydrogen) atoms. The maximum Gasteiger partial charge on any atom is 0.336 e. The van der Waals surface area contributed by atoms with E-state index in [1.165, 1.54) is 0 Å². The number of hydrogen-bond donors (Lipinski definition) is 3. The van der Waals surface area contributed by atoms with E-state index in [1.54, 1.807) is 5.01 Å². The van der Waals surface area contributed by atoms with E-state index >= 15 is 0 Å². The zero-order valence-electron chi connectivity index (χ0n) is 9.98. The Morgan fingerprint density at radius 2 is 1.78 bits per heavy atom. The van der Waals surface area contributed by atoms with Gasteiger partial charge in [0.2, 0.25) is 0 Å². The Kier molecular flexibility index (Phi) is 6.09. The van der Waals surface area contributed by atoms with Gasteiger partial charge in [-0.2, -0.15) is 0 Å². The number of carbonyl (C=O) groups is 3. The van der Waals surface area contributed by atoms with Crippen LogP contribution in [0.1, 0.15) is 19.3 Å². The Balaban J connectivity index is 2.14. The van der Waals surface area contributed by atoms with Gasteiger partial charge < -0.3 is 9.84 Å². The fraction of sp³-hybridized carbons (Fsp3) is 0.700. The number of amides is 3. The number of carbonyl (C=O) groups excluding carboxylic acids is 2. The van der Waals surface area contributed by atoms with Gasteiger partial charge in [-0.05, 0) is 12.8 Å². The zero-order valence-corrected chi connectivity index (χ0v) is 9.98. The summed E-state index contributed by atoms with van der Waals surface area (Å²) in [5.74, 6) is -1.84. The molecular weight excluding hydrogens is 242 g/mol. The number of aliphatic carboxylic acids is 1. The molecule has 0 bridgehead atoms. The summed E-state index contributed by atoms with van der Waals surface area (Å²) < 4.78 is 4.54. The highest BCUT2D eigenvalue weighted by Gasteiger charge is 2.14. The first-order chi connectivity index (χ1) is 8.58. The fourth-order valence-corrected chi connectivity index (χ4v) is 1.57. The van der Waals surface area contributed by atoms with E-state index < -0.39 is 31.1 Å². The quantitative estimate of drug-likeness (QED) is 0.603. The van der Waals surface area contributed by atoms with Gasteiger partial charge in [-0.25, -0.2) is 14.6 Å². The van der Waals surface area contributed by atoms with Crippen molar-refractivity contribution in [2.75, 3.05) is 26.3 Å². The molecule has 0 atom stereocenters. The third kappa shape index (κ3) is 6.16. The van der Waals surface area contributed by atoms with Crippen LogP contribution in [0.4, 0.5) is 4.79 Å². The summed E-state index contributed by atoms with van der Waals surface area (Å²) in [6.45, 7) is 0.495. The third-order valence-corrected chi connectivity index (χ3v) is 2.33. The second-order valence-electron chi connectivity index (χ2n) is 3.92. The molecule has 1 aliphatic heterocycles. The van der Waals surface area contributed by atoms with Crippen molar-refractivity contribution < 1.29 is 24.2 Å². The van der Waals surface area contributed by atoms with Crippen LogP contribution in [0.3, 0.4) is 0 Å². The lowest BCUT2D eigenvalue weighted by Crippen LogP contribution is -2.51. The van der Waals surface area contributed by atoms with Crippen molar-refractivity contribution in [2.24, 2.45) is 0 Å². The van der Waals surface area contributed by atoms with Crippen molar-refractivity contribution in [1.82, 2.24) is 15.8 Å². The van der Waals surface area contributed by atoms with Crippen LogP contribution in [0, 0.1) is 0 Å². The lowest BCUT2D eigenvalue weighted by Gasteiger charge is -2.26. The summed E-state index contributed by atoms with van der Waals surface area (Å²) in [5, 5.41) is 12.1. The number of carboxylic acid groups (broad SMARTS) is 1. The van der Waals surface area contributed by atoms with Gasteiger partial charge in [-0.15, -0.1) is 0 Å². The van der Waals surface area contributed by atoms with Crippen LogP contribution in [-0.4, -0.2) is 54.3 Å². The average Bonchev–Trinajstić information content (AvgIpc) is 2.29. The second-order valence-corrected chi connectivity index (χ2v) is 3.92. The first-order valence-electron chi connectivity index (χ1n) is 5.73. The molecule has 1 saturated heterocycles. The average molecular weight is 259 g/mol. The molecule has 102 valence electrons. The fourth-order valence-electron chi connectivity index (χ4n) is 1.57. The first-order valence-corrected chi connectivity index (χ1v) is 5.73. The molecule has 3 amide bonds. The SMILES string of the molecule is O=C(O)COCC(=O)NC(=O)NN1CCCCC1.